The van der Waals surface area contributed by atoms with E-state index in [1.165, 1.54) is 18.2 Å². The summed E-state index contributed by atoms with van der Waals surface area (Å²) in [5.74, 6) is -4.33. The summed E-state index contributed by atoms with van der Waals surface area (Å²) in [6.07, 6.45) is 6.24. The third-order valence-electron chi connectivity index (χ3n) is 7.02. The third-order valence-corrected chi connectivity index (χ3v) is 7.02. The lowest BCUT2D eigenvalue weighted by Crippen LogP contribution is -2.46. The number of halogens is 2. The van der Waals surface area contributed by atoms with Gasteiger partial charge >= 0.3 is 5.92 Å². The molecule has 3 N–H and O–H groups in total. The Morgan fingerprint density at radius 3 is 2.70 bits per heavy atom. The van der Waals surface area contributed by atoms with Gasteiger partial charge in [0.2, 0.25) is 5.95 Å². The van der Waals surface area contributed by atoms with E-state index in [2.05, 4.69) is 25.9 Å². The number of carbonyl (C=O) groups is 2. The van der Waals surface area contributed by atoms with E-state index in [1.54, 1.807) is 18.2 Å². The Balaban J connectivity index is 1.38. The van der Waals surface area contributed by atoms with E-state index in [1.807, 2.05) is 0 Å². The van der Waals surface area contributed by atoms with Crippen molar-refractivity contribution in [3.05, 3.63) is 30.0 Å². The van der Waals surface area contributed by atoms with Crippen LogP contribution in [0.4, 0.5) is 31.9 Å². The summed E-state index contributed by atoms with van der Waals surface area (Å²) < 4.78 is 39.9. The van der Waals surface area contributed by atoms with Gasteiger partial charge in [-0.05, 0) is 43.9 Å². The minimum absolute atomic E-state index is 0.0636. The minimum atomic E-state index is -3.55. The maximum Gasteiger partial charge on any atom is 0.341 e. The number of aromatic nitrogens is 2. The monoisotopic (exact) mass is 516 g/mol. The summed E-state index contributed by atoms with van der Waals surface area (Å²) >= 11 is 0. The molecule has 2 fully saturated rings. The van der Waals surface area contributed by atoms with Crippen molar-refractivity contribution in [3.8, 4) is 5.75 Å². The first kappa shape index (κ1) is 25.1. The van der Waals surface area contributed by atoms with Crippen molar-refractivity contribution in [3.63, 3.8) is 0 Å². The van der Waals surface area contributed by atoms with Gasteiger partial charge in [-0.2, -0.15) is 13.8 Å². The van der Waals surface area contributed by atoms with E-state index in [-0.39, 0.29) is 35.4 Å². The van der Waals surface area contributed by atoms with Crippen molar-refractivity contribution < 1.29 is 27.8 Å². The van der Waals surface area contributed by atoms with Crippen LogP contribution in [0.2, 0.25) is 0 Å². The number of carbonyl (C=O) groups excluding carboxylic acids is 2. The van der Waals surface area contributed by atoms with Crippen LogP contribution in [0.1, 0.15) is 48.9 Å². The second kappa shape index (κ2) is 10.4. The van der Waals surface area contributed by atoms with E-state index in [0.717, 1.165) is 38.5 Å². The zero-order valence-corrected chi connectivity index (χ0v) is 20.6. The number of nitrogens with zero attached hydrogens (tertiary/aromatic N) is 3. The minimum Gasteiger partial charge on any atom is -0.495 e. The van der Waals surface area contributed by atoms with Gasteiger partial charge in [-0.15, -0.1) is 0 Å². The molecule has 2 aromatic rings. The number of nitrogens with one attached hydrogen (secondary N) is 3. The van der Waals surface area contributed by atoms with Crippen LogP contribution in [0.3, 0.4) is 0 Å². The summed E-state index contributed by atoms with van der Waals surface area (Å²) in [6, 6.07) is 4.88. The number of rotatable bonds is 6. The van der Waals surface area contributed by atoms with Crippen molar-refractivity contribution >= 4 is 35.0 Å². The van der Waals surface area contributed by atoms with Crippen LogP contribution in [0.25, 0.3) is 0 Å². The van der Waals surface area contributed by atoms with E-state index in [0.29, 0.717) is 30.2 Å². The molecule has 1 saturated heterocycles. The van der Waals surface area contributed by atoms with Gasteiger partial charge in [0, 0.05) is 30.9 Å². The topological polar surface area (TPSA) is 118 Å². The SMILES string of the molecule is COc1cc(C(=O)NC2CCOCC2)ccc1Nc1ncc2c(n1)N(C1CCCC1)CC(F)(F)C(=O)N2. The Labute approximate surface area is 213 Å². The molecular formula is C25H30F2N6O4. The summed E-state index contributed by atoms with van der Waals surface area (Å²) in [4.78, 5) is 35.1. The number of anilines is 4. The lowest BCUT2D eigenvalue weighted by atomic mass is 10.1. The number of benzene rings is 1. The molecule has 0 atom stereocenters. The molecule has 0 spiro atoms. The van der Waals surface area contributed by atoms with E-state index in [4.69, 9.17) is 9.47 Å². The van der Waals surface area contributed by atoms with Crippen LogP contribution in [-0.4, -0.2) is 66.7 Å². The number of ether oxygens (including phenoxy) is 2. The fourth-order valence-corrected chi connectivity index (χ4v) is 5.00. The van der Waals surface area contributed by atoms with Gasteiger partial charge in [-0.1, -0.05) is 12.8 Å². The third kappa shape index (κ3) is 5.43. The molecule has 10 nitrogen and oxygen atoms in total. The first-order valence-electron chi connectivity index (χ1n) is 12.5. The molecule has 0 unspecified atom stereocenters. The van der Waals surface area contributed by atoms with Gasteiger partial charge < -0.3 is 30.3 Å². The van der Waals surface area contributed by atoms with Crippen molar-refractivity contribution in [1.82, 2.24) is 15.3 Å². The van der Waals surface area contributed by atoms with Crippen LogP contribution < -0.4 is 25.6 Å². The Kier molecular flexibility index (Phi) is 7.09. The molecule has 1 aromatic carbocycles. The number of hydrogen-bond acceptors (Lipinski definition) is 8. The molecule has 198 valence electrons. The van der Waals surface area contributed by atoms with Crippen LogP contribution in [-0.2, 0) is 9.53 Å². The molecule has 0 radical (unpaired) electrons. The number of hydrogen-bond donors (Lipinski definition) is 3. The molecule has 5 rings (SSSR count). The Hall–Kier alpha value is -3.54. The summed E-state index contributed by atoms with van der Waals surface area (Å²) in [6.45, 7) is 0.502. The van der Waals surface area contributed by atoms with Crippen LogP contribution in [0.15, 0.2) is 24.4 Å². The first-order chi connectivity index (χ1) is 17.8. The maximum atomic E-state index is 14.6. The lowest BCUT2D eigenvalue weighted by Gasteiger charge is -2.31. The van der Waals surface area contributed by atoms with Gasteiger partial charge in [-0.25, -0.2) is 4.98 Å². The zero-order chi connectivity index (χ0) is 26.0. The maximum absolute atomic E-state index is 14.6. The predicted octanol–water partition coefficient (Wildman–Crippen LogP) is 3.47. The molecule has 3 aliphatic rings. The number of methoxy groups -OCH3 is 1. The molecule has 0 bridgehead atoms. The van der Waals surface area contributed by atoms with Crippen LogP contribution in [0, 0.1) is 0 Å². The van der Waals surface area contributed by atoms with Crippen molar-refractivity contribution in [2.45, 2.75) is 56.5 Å². The molecule has 1 aliphatic carbocycles. The molecule has 1 saturated carbocycles. The highest BCUT2D eigenvalue weighted by atomic mass is 19.3. The van der Waals surface area contributed by atoms with Crippen molar-refractivity contribution in [2.75, 3.05) is 42.4 Å². The van der Waals surface area contributed by atoms with Gasteiger partial charge in [-0.3, -0.25) is 9.59 Å². The largest absolute Gasteiger partial charge is 0.495 e. The summed E-state index contributed by atoms with van der Waals surface area (Å²) in [5.41, 5.74) is 1.08. The quantitative estimate of drug-likeness (QED) is 0.534. The summed E-state index contributed by atoms with van der Waals surface area (Å²) in [7, 11) is 1.48. The highest BCUT2D eigenvalue weighted by Crippen LogP contribution is 2.38. The Morgan fingerprint density at radius 2 is 1.97 bits per heavy atom. The average molecular weight is 517 g/mol. The molecule has 12 heteroatoms. The summed E-state index contributed by atoms with van der Waals surface area (Å²) in [5, 5.41) is 8.35. The van der Waals surface area contributed by atoms with E-state index < -0.39 is 18.4 Å². The lowest BCUT2D eigenvalue weighted by molar-refractivity contribution is -0.138. The fourth-order valence-electron chi connectivity index (χ4n) is 5.00. The molecule has 2 amide bonds. The predicted molar refractivity (Wildman–Crippen MR) is 133 cm³/mol. The molecule has 1 aromatic heterocycles. The second-order valence-electron chi connectivity index (χ2n) is 9.56. The van der Waals surface area contributed by atoms with Crippen molar-refractivity contribution in [2.24, 2.45) is 0 Å². The highest BCUT2D eigenvalue weighted by Gasteiger charge is 2.46. The number of alkyl halides is 2. The van der Waals surface area contributed by atoms with Gasteiger partial charge in [0.15, 0.2) is 5.82 Å². The second-order valence-corrected chi connectivity index (χ2v) is 9.56. The Bertz CT molecular complexity index is 1170. The normalized spacial score (nSPS) is 20.1. The molecule has 2 aliphatic heterocycles. The first-order valence-corrected chi connectivity index (χ1v) is 12.5. The highest BCUT2D eigenvalue weighted by molar-refractivity contribution is 6.00. The van der Waals surface area contributed by atoms with E-state index >= 15 is 0 Å². The van der Waals surface area contributed by atoms with E-state index in [9.17, 15) is 18.4 Å². The molecule has 37 heavy (non-hydrogen) atoms. The number of fused-ring (bicyclic) bond motifs is 1. The van der Waals surface area contributed by atoms with Crippen molar-refractivity contribution in [1.29, 1.82) is 0 Å². The van der Waals surface area contributed by atoms with Gasteiger partial charge in [0.1, 0.15) is 11.4 Å². The number of amides is 2. The van der Waals surface area contributed by atoms with Crippen LogP contribution >= 0.6 is 0 Å². The standard InChI is InChI=1S/C25H30F2N6O4/c1-36-20-12-15(22(34)29-16-8-10-37-11-9-16)6-7-18(20)31-24-28-13-19-21(32-24)33(17-4-2-3-5-17)14-25(26,27)23(35)30-19/h6-7,12-13,16-17H,2-5,8-11,14H2,1H3,(H,29,34)(H,30,35)(H,28,31,32). The fraction of sp³-hybridized carbons (Fsp3) is 0.520. The zero-order valence-electron chi connectivity index (χ0n) is 20.6. The smallest absolute Gasteiger partial charge is 0.341 e. The van der Waals surface area contributed by atoms with Gasteiger partial charge in [0.05, 0.1) is 25.5 Å². The van der Waals surface area contributed by atoms with Gasteiger partial charge in [0.25, 0.3) is 11.8 Å². The molecular weight excluding hydrogens is 486 g/mol. The average Bonchev–Trinajstić information content (AvgIpc) is 3.41. The Morgan fingerprint density at radius 1 is 1.22 bits per heavy atom. The van der Waals surface area contributed by atoms with Crippen LogP contribution in [0.5, 0.6) is 5.75 Å². The molecule has 3 heterocycles.